The van der Waals surface area contributed by atoms with E-state index in [-0.39, 0.29) is 24.9 Å². The SMILES string of the molecule is COc1ccc(NC(=O)O[C@@H]2CO[C@H]3[C@@H]2OC[C@@H]3n2nnnc2SC2CCCC2)cc1. The fourth-order valence-corrected chi connectivity index (χ4v) is 5.57. The Morgan fingerprint density at radius 2 is 1.94 bits per heavy atom. The maximum atomic E-state index is 12.4. The van der Waals surface area contributed by atoms with Crippen molar-refractivity contribution in [1.29, 1.82) is 0 Å². The quantitative estimate of drug-likeness (QED) is 0.714. The number of anilines is 1. The van der Waals surface area contributed by atoms with Gasteiger partial charge < -0.3 is 18.9 Å². The number of rotatable bonds is 6. The van der Waals surface area contributed by atoms with Crippen LogP contribution in [0, 0.1) is 0 Å². The van der Waals surface area contributed by atoms with Crippen LogP contribution in [0.5, 0.6) is 5.75 Å². The van der Waals surface area contributed by atoms with Crippen molar-refractivity contribution in [2.45, 2.75) is 60.4 Å². The molecule has 31 heavy (non-hydrogen) atoms. The number of methoxy groups -OCH3 is 1. The number of nitrogens with zero attached hydrogens (tertiary/aromatic N) is 4. The average molecular weight is 448 g/mol. The van der Waals surface area contributed by atoms with Gasteiger partial charge in [0.05, 0.1) is 20.3 Å². The fraction of sp³-hybridized carbons (Fsp3) is 0.600. The number of carbonyl (C=O) groups is 1. The number of carbonyl (C=O) groups excluding carboxylic acids is 1. The van der Waals surface area contributed by atoms with Crippen LogP contribution in [0.2, 0.25) is 0 Å². The predicted molar refractivity (Wildman–Crippen MR) is 111 cm³/mol. The molecular weight excluding hydrogens is 422 g/mol. The van der Waals surface area contributed by atoms with Gasteiger partial charge in [0.15, 0.2) is 6.10 Å². The molecule has 1 aromatic carbocycles. The molecule has 0 radical (unpaired) electrons. The second kappa shape index (κ2) is 9.01. The highest BCUT2D eigenvalue weighted by Crippen LogP contribution is 2.39. The first kappa shape index (κ1) is 20.5. The lowest BCUT2D eigenvalue weighted by Gasteiger charge is -2.18. The number of tetrazole rings is 1. The third-order valence-electron chi connectivity index (χ3n) is 5.93. The molecular formula is C20H25N5O5S. The molecule has 10 nitrogen and oxygen atoms in total. The minimum atomic E-state index is -0.550. The molecule has 0 bridgehead atoms. The zero-order chi connectivity index (χ0) is 21.2. The Morgan fingerprint density at radius 3 is 2.71 bits per heavy atom. The fourth-order valence-electron chi connectivity index (χ4n) is 4.34. The summed E-state index contributed by atoms with van der Waals surface area (Å²) >= 11 is 1.73. The number of hydrogen-bond acceptors (Lipinski definition) is 9. The monoisotopic (exact) mass is 447 g/mol. The zero-order valence-corrected chi connectivity index (χ0v) is 18.0. The number of amides is 1. The summed E-state index contributed by atoms with van der Waals surface area (Å²) in [5.41, 5.74) is 0.619. The molecule has 3 heterocycles. The highest BCUT2D eigenvalue weighted by molar-refractivity contribution is 7.99. The van der Waals surface area contributed by atoms with Gasteiger partial charge in [0.1, 0.15) is 24.0 Å². The van der Waals surface area contributed by atoms with Crippen LogP contribution in [0.15, 0.2) is 29.4 Å². The molecule has 5 rings (SSSR count). The maximum absolute atomic E-state index is 12.4. The van der Waals surface area contributed by atoms with Crippen molar-refractivity contribution < 1.29 is 23.7 Å². The van der Waals surface area contributed by atoms with Crippen molar-refractivity contribution in [2.75, 3.05) is 25.6 Å². The van der Waals surface area contributed by atoms with Crippen molar-refractivity contribution in [3.63, 3.8) is 0 Å². The molecule has 2 aliphatic heterocycles. The van der Waals surface area contributed by atoms with Gasteiger partial charge >= 0.3 is 6.09 Å². The van der Waals surface area contributed by atoms with Crippen molar-refractivity contribution in [1.82, 2.24) is 20.2 Å². The lowest BCUT2D eigenvalue weighted by Crippen LogP contribution is -2.35. The number of benzene rings is 1. The molecule has 1 amide bonds. The van der Waals surface area contributed by atoms with Gasteiger partial charge in [0.25, 0.3) is 0 Å². The van der Waals surface area contributed by atoms with Gasteiger partial charge in [-0.1, -0.05) is 24.6 Å². The Hall–Kier alpha value is -2.37. The molecule has 166 valence electrons. The summed E-state index contributed by atoms with van der Waals surface area (Å²) in [6.07, 6.45) is 3.27. The van der Waals surface area contributed by atoms with Crippen LogP contribution in [0.1, 0.15) is 31.7 Å². The maximum Gasteiger partial charge on any atom is 0.412 e. The molecule has 3 fully saturated rings. The summed E-state index contributed by atoms with van der Waals surface area (Å²) in [7, 11) is 1.59. The summed E-state index contributed by atoms with van der Waals surface area (Å²) in [5.74, 6) is 0.712. The second-order valence-corrected chi connectivity index (χ2v) is 9.16. The minimum absolute atomic E-state index is 0.137. The largest absolute Gasteiger partial charge is 0.497 e. The molecule has 1 saturated carbocycles. The first-order chi connectivity index (χ1) is 15.2. The predicted octanol–water partition coefficient (Wildman–Crippen LogP) is 2.67. The van der Waals surface area contributed by atoms with Crippen LogP contribution < -0.4 is 10.1 Å². The molecule has 11 heteroatoms. The first-order valence-electron chi connectivity index (χ1n) is 10.5. The number of hydrogen-bond donors (Lipinski definition) is 1. The standard InChI is InChI=1S/C20H25N5O5S/c1-27-13-8-6-12(7-9-13)21-20(26)30-16-11-29-17-15(10-28-18(16)17)25-19(22-23-24-25)31-14-4-2-3-5-14/h6-9,14-18H,2-5,10-11H2,1H3,(H,21,26)/t15-,16+,17+,18+/m0/s1. The van der Waals surface area contributed by atoms with E-state index < -0.39 is 12.2 Å². The molecule has 1 N–H and O–H groups in total. The van der Waals surface area contributed by atoms with Gasteiger partial charge in [-0.15, -0.1) is 5.10 Å². The highest BCUT2D eigenvalue weighted by atomic mass is 32.2. The van der Waals surface area contributed by atoms with Crippen LogP contribution in [-0.2, 0) is 14.2 Å². The molecule has 1 aliphatic carbocycles. The Bertz CT molecular complexity index is 904. The summed E-state index contributed by atoms with van der Waals surface area (Å²) in [4.78, 5) is 12.4. The van der Waals surface area contributed by atoms with Crippen LogP contribution >= 0.6 is 11.8 Å². The normalized spacial score (nSPS) is 27.9. The number of nitrogens with one attached hydrogen (secondary N) is 1. The minimum Gasteiger partial charge on any atom is -0.497 e. The summed E-state index contributed by atoms with van der Waals surface area (Å²) < 4.78 is 24.4. The summed E-state index contributed by atoms with van der Waals surface area (Å²) in [5, 5.41) is 16.4. The van der Waals surface area contributed by atoms with Gasteiger partial charge in [0.2, 0.25) is 5.16 Å². The second-order valence-electron chi connectivity index (χ2n) is 7.89. The third-order valence-corrected chi connectivity index (χ3v) is 7.21. The van der Waals surface area contributed by atoms with Crippen molar-refractivity contribution >= 4 is 23.5 Å². The smallest absolute Gasteiger partial charge is 0.412 e. The number of fused-ring (bicyclic) bond motifs is 1. The average Bonchev–Trinajstić information content (AvgIpc) is 3.56. The molecule has 3 aliphatic rings. The van der Waals surface area contributed by atoms with E-state index in [9.17, 15) is 4.79 Å². The van der Waals surface area contributed by atoms with Gasteiger partial charge in [0, 0.05) is 10.9 Å². The van der Waals surface area contributed by atoms with Crippen LogP contribution in [0.4, 0.5) is 10.5 Å². The van der Waals surface area contributed by atoms with E-state index in [2.05, 4.69) is 20.8 Å². The molecule has 0 unspecified atom stereocenters. The Labute approximate surface area is 183 Å². The third kappa shape index (κ3) is 4.35. The van der Waals surface area contributed by atoms with Crippen LogP contribution in [0.25, 0.3) is 0 Å². The topological polar surface area (TPSA) is 110 Å². The van der Waals surface area contributed by atoms with Crippen molar-refractivity contribution in [2.24, 2.45) is 0 Å². The Kier molecular flexibility index (Phi) is 5.97. The molecule has 2 aromatic rings. The van der Waals surface area contributed by atoms with Crippen LogP contribution in [0.3, 0.4) is 0 Å². The first-order valence-corrected chi connectivity index (χ1v) is 11.4. The van der Waals surface area contributed by atoms with Crippen LogP contribution in [-0.4, -0.2) is 70.2 Å². The molecule has 0 spiro atoms. The van der Waals surface area contributed by atoms with Gasteiger partial charge in [-0.25, -0.2) is 9.48 Å². The number of ether oxygens (including phenoxy) is 4. The summed E-state index contributed by atoms with van der Waals surface area (Å²) in [6, 6.07) is 6.89. The lowest BCUT2D eigenvalue weighted by molar-refractivity contribution is 0.00751. The zero-order valence-electron chi connectivity index (χ0n) is 17.2. The van der Waals surface area contributed by atoms with E-state index in [1.165, 1.54) is 25.7 Å². The highest BCUT2D eigenvalue weighted by Gasteiger charge is 2.51. The molecule has 4 atom stereocenters. The van der Waals surface area contributed by atoms with E-state index in [1.54, 1.807) is 43.1 Å². The molecule has 2 saturated heterocycles. The number of thioether (sulfide) groups is 1. The summed E-state index contributed by atoms with van der Waals surface area (Å²) in [6.45, 7) is 0.688. The Balaban J connectivity index is 1.19. The Morgan fingerprint density at radius 1 is 1.16 bits per heavy atom. The van der Waals surface area contributed by atoms with Crippen molar-refractivity contribution in [3.8, 4) is 5.75 Å². The van der Waals surface area contributed by atoms with Gasteiger partial charge in [-0.2, -0.15) is 0 Å². The van der Waals surface area contributed by atoms with Crippen molar-refractivity contribution in [3.05, 3.63) is 24.3 Å². The van der Waals surface area contributed by atoms with Gasteiger partial charge in [-0.05, 0) is 47.5 Å². The number of aromatic nitrogens is 4. The van der Waals surface area contributed by atoms with E-state index in [4.69, 9.17) is 18.9 Å². The molecule has 1 aromatic heterocycles. The van der Waals surface area contributed by atoms with E-state index in [0.29, 0.717) is 23.3 Å². The van der Waals surface area contributed by atoms with E-state index >= 15 is 0 Å². The van der Waals surface area contributed by atoms with E-state index in [1.807, 2.05) is 4.68 Å². The lowest BCUT2D eigenvalue weighted by atomic mass is 10.1. The van der Waals surface area contributed by atoms with Gasteiger partial charge in [-0.3, -0.25) is 5.32 Å². The van der Waals surface area contributed by atoms with E-state index in [0.717, 1.165) is 5.16 Å².